The third-order valence-electron chi connectivity index (χ3n) is 2.67. The summed E-state index contributed by atoms with van der Waals surface area (Å²) >= 11 is 0. The number of hydrogen-bond acceptors (Lipinski definition) is 3. The van der Waals surface area contributed by atoms with Crippen LogP contribution in [0.5, 0.6) is 5.75 Å². The number of nitrogens with one attached hydrogen (secondary N) is 1. The molecule has 0 aliphatic carbocycles. The van der Waals surface area contributed by atoms with E-state index in [2.05, 4.69) is 5.32 Å². The second-order valence-corrected chi connectivity index (χ2v) is 4.30. The van der Waals surface area contributed by atoms with Gasteiger partial charge in [0.2, 0.25) is 11.8 Å². The molecule has 108 valence electrons. The van der Waals surface area contributed by atoms with Crippen LogP contribution < -0.4 is 10.1 Å². The molecule has 0 fully saturated rings. The number of likely N-dealkylation sites (N-methyl/N-ethyl adjacent to an activating group) is 1. The van der Waals surface area contributed by atoms with E-state index < -0.39 is 0 Å². The lowest BCUT2D eigenvalue weighted by molar-refractivity contribution is -0.127. The van der Waals surface area contributed by atoms with E-state index in [0.29, 0.717) is 24.6 Å². The normalized spacial score (nSPS) is 10.3. The van der Waals surface area contributed by atoms with Gasteiger partial charge in [-0.1, -0.05) is 6.08 Å². The number of ether oxygens (including phenoxy) is 1. The quantitative estimate of drug-likeness (QED) is 0.809. The molecule has 0 bridgehead atoms. The number of hydrogen-bond donors (Lipinski definition) is 1. The number of benzene rings is 1. The summed E-state index contributed by atoms with van der Waals surface area (Å²) in [5, 5.41) is 2.73. The lowest BCUT2D eigenvalue weighted by Crippen LogP contribution is -2.28. The Morgan fingerprint density at radius 1 is 1.30 bits per heavy atom. The van der Waals surface area contributed by atoms with Crippen LogP contribution in [0.25, 0.3) is 0 Å². The van der Waals surface area contributed by atoms with Gasteiger partial charge in [-0.3, -0.25) is 9.59 Å². The summed E-state index contributed by atoms with van der Waals surface area (Å²) < 4.78 is 5.51. The number of carbonyl (C=O) groups is 2. The first-order valence-corrected chi connectivity index (χ1v) is 6.41. The van der Waals surface area contributed by atoms with E-state index in [1.54, 1.807) is 49.2 Å². The molecule has 0 radical (unpaired) electrons. The summed E-state index contributed by atoms with van der Waals surface area (Å²) in [6.45, 7) is 4.27. The molecule has 0 aliphatic heterocycles. The molecule has 1 N–H and O–H groups in total. The third kappa shape index (κ3) is 5.56. The van der Waals surface area contributed by atoms with Gasteiger partial charge in [-0.05, 0) is 37.3 Å². The SMILES string of the molecule is C/C=C/C(=O)Nc1ccc(OCCN(C)C(C)=O)cc1. The predicted octanol–water partition coefficient (Wildman–Crippen LogP) is 2.06. The fourth-order valence-corrected chi connectivity index (χ4v) is 1.43. The zero-order valence-corrected chi connectivity index (χ0v) is 12.1. The Labute approximate surface area is 119 Å². The lowest BCUT2D eigenvalue weighted by Gasteiger charge is -2.15. The Hall–Kier alpha value is -2.30. The first-order valence-electron chi connectivity index (χ1n) is 6.41. The summed E-state index contributed by atoms with van der Waals surface area (Å²) in [4.78, 5) is 23.9. The van der Waals surface area contributed by atoms with Crippen LogP contribution in [0, 0.1) is 0 Å². The number of rotatable bonds is 6. The highest BCUT2D eigenvalue weighted by atomic mass is 16.5. The van der Waals surface area contributed by atoms with Gasteiger partial charge in [0.1, 0.15) is 12.4 Å². The molecule has 0 saturated heterocycles. The first-order chi connectivity index (χ1) is 9.52. The Morgan fingerprint density at radius 2 is 1.95 bits per heavy atom. The summed E-state index contributed by atoms with van der Waals surface area (Å²) in [5.74, 6) is 0.547. The molecular weight excluding hydrogens is 256 g/mol. The highest BCUT2D eigenvalue weighted by Crippen LogP contribution is 2.15. The van der Waals surface area contributed by atoms with Crippen molar-refractivity contribution in [1.29, 1.82) is 0 Å². The van der Waals surface area contributed by atoms with E-state index in [-0.39, 0.29) is 11.8 Å². The molecule has 5 heteroatoms. The van der Waals surface area contributed by atoms with E-state index in [9.17, 15) is 9.59 Å². The Kier molecular flexibility index (Phi) is 6.29. The minimum absolute atomic E-state index is 0.00985. The molecule has 0 aromatic heterocycles. The smallest absolute Gasteiger partial charge is 0.248 e. The van der Waals surface area contributed by atoms with Gasteiger partial charge in [-0.15, -0.1) is 0 Å². The van der Waals surface area contributed by atoms with Crippen molar-refractivity contribution in [3.63, 3.8) is 0 Å². The zero-order chi connectivity index (χ0) is 15.0. The maximum absolute atomic E-state index is 11.3. The summed E-state index contributed by atoms with van der Waals surface area (Å²) in [7, 11) is 1.73. The van der Waals surface area contributed by atoms with Gasteiger partial charge in [0.05, 0.1) is 6.54 Å². The maximum atomic E-state index is 11.3. The molecule has 1 rings (SSSR count). The molecule has 1 aromatic rings. The monoisotopic (exact) mass is 276 g/mol. The topological polar surface area (TPSA) is 58.6 Å². The van der Waals surface area contributed by atoms with Gasteiger partial charge in [-0.2, -0.15) is 0 Å². The molecule has 0 spiro atoms. The molecular formula is C15H20N2O3. The van der Waals surface area contributed by atoms with Crippen LogP contribution in [0.2, 0.25) is 0 Å². The lowest BCUT2D eigenvalue weighted by atomic mass is 10.3. The molecule has 0 aliphatic rings. The van der Waals surface area contributed by atoms with Crippen molar-refractivity contribution in [2.75, 3.05) is 25.5 Å². The van der Waals surface area contributed by atoms with E-state index >= 15 is 0 Å². The maximum Gasteiger partial charge on any atom is 0.248 e. The summed E-state index contributed by atoms with van der Waals surface area (Å²) in [5.41, 5.74) is 0.710. The van der Waals surface area contributed by atoms with Gasteiger partial charge in [-0.25, -0.2) is 0 Å². The highest BCUT2D eigenvalue weighted by molar-refractivity contribution is 5.99. The first kappa shape index (κ1) is 15.8. The number of allylic oxidation sites excluding steroid dienone is 1. The van der Waals surface area contributed by atoms with E-state index in [1.807, 2.05) is 0 Å². The number of anilines is 1. The minimum atomic E-state index is -0.163. The van der Waals surface area contributed by atoms with Crippen molar-refractivity contribution in [2.24, 2.45) is 0 Å². The molecule has 0 unspecified atom stereocenters. The van der Waals surface area contributed by atoms with Crippen molar-refractivity contribution in [3.05, 3.63) is 36.4 Å². The van der Waals surface area contributed by atoms with Crippen molar-refractivity contribution in [1.82, 2.24) is 4.90 Å². The second kappa shape index (κ2) is 7.99. The Balaban J connectivity index is 2.42. The molecule has 1 aromatic carbocycles. The van der Waals surface area contributed by atoms with E-state index in [4.69, 9.17) is 4.74 Å². The van der Waals surface area contributed by atoms with E-state index in [0.717, 1.165) is 0 Å². The van der Waals surface area contributed by atoms with Crippen molar-refractivity contribution >= 4 is 17.5 Å². The van der Waals surface area contributed by atoms with Crippen molar-refractivity contribution in [2.45, 2.75) is 13.8 Å². The predicted molar refractivity (Wildman–Crippen MR) is 78.7 cm³/mol. The molecule has 0 heterocycles. The highest BCUT2D eigenvalue weighted by Gasteiger charge is 2.02. The zero-order valence-electron chi connectivity index (χ0n) is 12.1. The molecule has 2 amide bonds. The van der Waals surface area contributed by atoms with Gasteiger partial charge < -0.3 is 15.0 Å². The van der Waals surface area contributed by atoms with Crippen LogP contribution in [-0.4, -0.2) is 36.9 Å². The molecule has 0 atom stereocenters. The number of amides is 2. The largest absolute Gasteiger partial charge is 0.492 e. The van der Waals surface area contributed by atoms with Crippen LogP contribution in [0.15, 0.2) is 36.4 Å². The summed E-state index contributed by atoms with van der Waals surface area (Å²) in [6.07, 6.45) is 3.14. The van der Waals surface area contributed by atoms with Crippen LogP contribution in [0.1, 0.15) is 13.8 Å². The number of carbonyl (C=O) groups excluding carboxylic acids is 2. The fourth-order valence-electron chi connectivity index (χ4n) is 1.43. The average Bonchev–Trinajstić information content (AvgIpc) is 2.40. The van der Waals surface area contributed by atoms with Crippen LogP contribution in [0.4, 0.5) is 5.69 Å². The molecule has 20 heavy (non-hydrogen) atoms. The standard InChI is InChI=1S/C15H20N2O3/c1-4-5-15(19)16-13-6-8-14(9-7-13)20-11-10-17(3)12(2)18/h4-9H,10-11H2,1-3H3,(H,16,19)/b5-4+. The Bertz CT molecular complexity index is 480. The average molecular weight is 276 g/mol. The summed E-state index contributed by atoms with van der Waals surface area (Å²) in [6, 6.07) is 7.09. The van der Waals surface area contributed by atoms with Crippen LogP contribution in [0.3, 0.4) is 0 Å². The fraction of sp³-hybridized carbons (Fsp3) is 0.333. The Morgan fingerprint density at radius 3 is 2.50 bits per heavy atom. The van der Waals surface area contributed by atoms with Gasteiger partial charge in [0, 0.05) is 19.7 Å². The number of nitrogens with zero attached hydrogens (tertiary/aromatic N) is 1. The van der Waals surface area contributed by atoms with Crippen LogP contribution >= 0.6 is 0 Å². The van der Waals surface area contributed by atoms with Crippen molar-refractivity contribution in [3.8, 4) is 5.75 Å². The van der Waals surface area contributed by atoms with Crippen molar-refractivity contribution < 1.29 is 14.3 Å². The van der Waals surface area contributed by atoms with Gasteiger partial charge >= 0.3 is 0 Å². The second-order valence-electron chi connectivity index (χ2n) is 4.30. The van der Waals surface area contributed by atoms with Crippen LogP contribution in [-0.2, 0) is 9.59 Å². The molecule has 0 saturated carbocycles. The van der Waals surface area contributed by atoms with Gasteiger partial charge in [0.25, 0.3) is 0 Å². The third-order valence-corrected chi connectivity index (χ3v) is 2.67. The van der Waals surface area contributed by atoms with E-state index in [1.165, 1.54) is 13.0 Å². The minimum Gasteiger partial charge on any atom is -0.492 e. The molecule has 5 nitrogen and oxygen atoms in total. The van der Waals surface area contributed by atoms with Gasteiger partial charge in [0.15, 0.2) is 0 Å².